The number of furan rings is 1. The summed E-state index contributed by atoms with van der Waals surface area (Å²) in [6.07, 6.45) is 1.53. The van der Waals surface area contributed by atoms with Crippen LogP contribution in [0.2, 0.25) is 0 Å². The van der Waals surface area contributed by atoms with E-state index in [4.69, 9.17) is 14.1 Å². The predicted octanol–water partition coefficient (Wildman–Crippen LogP) is 5.64. The molecule has 0 aliphatic rings. The molecule has 2 heterocycles. The van der Waals surface area contributed by atoms with Crippen molar-refractivity contribution in [3.8, 4) is 22.4 Å². The molecule has 0 bridgehead atoms. The number of pyridine rings is 1. The highest BCUT2D eigenvalue weighted by Crippen LogP contribution is 2.28. The molecule has 0 unspecified atom stereocenters. The van der Waals surface area contributed by atoms with E-state index < -0.39 is 18.5 Å². The Balaban J connectivity index is 1.36. The van der Waals surface area contributed by atoms with Gasteiger partial charge in [-0.05, 0) is 35.4 Å². The van der Waals surface area contributed by atoms with Gasteiger partial charge < -0.3 is 14.5 Å². The zero-order valence-electron chi connectivity index (χ0n) is 18.8. The van der Waals surface area contributed by atoms with Gasteiger partial charge in [0.1, 0.15) is 5.76 Å². The van der Waals surface area contributed by atoms with Gasteiger partial charge in [0.2, 0.25) is 0 Å². The molecule has 6 nitrogen and oxygen atoms in total. The largest absolute Gasteiger partial charge is 0.467 e. The maximum atomic E-state index is 13.0. The summed E-state index contributed by atoms with van der Waals surface area (Å²) in [4.78, 5) is 29.8. The lowest BCUT2D eigenvalue weighted by Crippen LogP contribution is -2.28. The molecule has 6 heteroatoms. The van der Waals surface area contributed by atoms with Gasteiger partial charge in [0.15, 0.2) is 6.61 Å². The van der Waals surface area contributed by atoms with Crippen LogP contribution in [-0.4, -0.2) is 23.5 Å². The van der Waals surface area contributed by atoms with Crippen LogP contribution in [0.1, 0.15) is 16.1 Å². The van der Waals surface area contributed by atoms with E-state index in [9.17, 15) is 9.59 Å². The molecule has 0 aliphatic heterocycles. The lowest BCUT2D eigenvalue weighted by molar-refractivity contribution is -0.124. The predicted molar refractivity (Wildman–Crippen MR) is 133 cm³/mol. The maximum absolute atomic E-state index is 13.0. The van der Waals surface area contributed by atoms with Gasteiger partial charge in [-0.25, -0.2) is 9.78 Å². The second kappa shape index (κ2) is 10.1. The highest BCUT2D eigenvalue weighted by Gasteiger charge is 2.17. The fourth-order valence-corrected chi connectivity index (χ4v) is 3.81. The Kier molecular flexibility index (Phi) is 6.35. The Morgan fingerprint density at radius 3 is 2.29 bits per heavy atom. The van der Waals surface area contributed by atoms with Crippen molar-refractivity contribution in [1.82, 2.24) is 10.3 Å². The topological polar surface area (TPSA) is 81.4 Å². The Hall–Kier alpha value is -4.71. The summed E-state index contributed by atoms with van der Waals surface area (Å²) in [6, 6.07) is 30.7. The van der Waals surface area contributed by atoms with Crippen LogP contribution in [0.25, 0.3) is 33.3 Å². The number of rotatable bonds is 7. The van der Waals surface area contributed by atoms with Crippen molar-refractivity contribution in [2.24, 2.45) is 0 Å². The van der Waals surface area contributed by atoms with Gasteiger partial charge in [-0.3, -0.25) is 4.79 Å². The highest BCUT2D eigenvalue weighted by molar-refractivity contribution is 6.05. The Bertz CT molecular complexity index is 1460. The zero-order chi connectivity index (χ0) is 24.0. The first-order valence-corrected chi connectivity index (χ1v) is 11.2. The molecule has 2 aromatic heterocycles. The van der Waals surface area contributed by atoms with Crippen LogP contribution in [0.3, 0.4) is 0 Å². The van der Waals surface area contributed by atoms with E-state index in [2.05, 4.69) is 17.4 Å². The molecule has 1 amide bonds. The molecule has 0 atom stereocenters. The minimum absolute atomic E-state index is 0.227. The van der Waals surface area contributed by atoms with Crippen LogP contribution in [0.15, 0.2) is 108 Å². The number of amides is 1. The molecule has 172 valence electrons. The van der Waals surface area contributed by atoms with E-state index in [-0.39, 0.29) is 6.54 Å². The van der Waals surface area contributed by atoms with Gasteiger partial charge in [0.05, 0.1) is 29.6 Å². The molecule has 0 radical (unpaired) electrons. The highest BCUT2D eigenvalue weighted by atomic mass is 16.5. The van der Waals surface area contributed by atoms with Crippen molar-refractivity contribution < 1.29 is 18.7 Å². The van der Waals surface area contributed by atoms with Gasteiger partial charge in [-0.1, -0.05) is 72.8 Å². The summed E-state index contributed by atoms with van der Waals surface area (Å²) < 4.78 is 10.5. The standard InChI is InChI=1S/C29H22N2O4/c32-28(30-18-23-9-6-16-34-23)19-35-29(33)25-17-27(31-26-11-5-4-10-24(25)26)22-14-12-21(13-15-22)20-7-2-1-3-8-20/h1-17H,18-19H2,(H,30,32). The Labute approximate surface area is 202 Å². The minimum Gasteiger partial charge on any atom is -0.467 e. The van der Waals surface area contributed by atoms with Crippen molar-refractivity contribution in [3.05, 3.63) is 115 Å². The molecule has 35 heavy (non-hydrogen) atoms. The van der Waals surface area contributed by atoms with Crippen LogP contribution in [0.4, 0.5) is 0 Å². The normalized spacial score (nSPS) is 10.7. The van der Waals surface area contributed by atoms with Crippen molar-refractivity contribution in [3.63, 3.8) is 0 Å². The smallest absolute Gasteiger partial charge is 0.339 e. The molecule has 5 rings (SSSR count). The van der Waals surface area contributed by atoms with Gasteiger partial charge >= 0.3 is 5.97 Å². The molecule has 0 saturated heterocycles. The molecular formula is C29H22N2O4. The maximum Gasteiger partial charge on any atom is 0.339 e. The van der Waals surface area contributed by atoms with Crippen LogP contribution >= 0.6 is 0 Å². The average molecular weight is 463 g/mol. The summed E-state index contributed by atoms with van der Waals surface area (Å²) in [5, 5.41) is 3.33. The van der Waals surface area contributed by atoms with Crippen LogP contribution in [-0.2, 0) is 16.1 Å². The Morgan fingerprint density at radius 1 is 0.800 bits per heavy atom. The van der Waals surface area contributed by atoms with Gasteiger partial charge in [0.25, 0.3) is 5.91 Å². The number of ether oxygens (including phenoxy) is 1. The number of aromatic nitrogens is 1. The summed E-state index contributed by atoms with van der Waals surface area (Å²) >= 11 is 0. The monoisotopic (exact) mass is 462 g/mol. The summed E-state index contributed by atoms with van der Waals surface area (Å²) in [7, 11) is 0. The number of fused-ring (bicyclic) bond motifs is 1. The van der Waals surface area contributed by atoms with Gasteiger partial charge in [-0.2, -0.15) is 0 Å². The van der Waals surface area contributed by atoms with E-state index >= 15 is 0 Å². The third-order valence-electron chi connectivity index (χ3n) is 5.60. The fourth-order valence-electron chi connectivity index (χ4n) is 3.81. The summed E-state index contributed by atoms with van der Waals surface area (Å²) in [6.45, 7) is -0.165. The van der Waals surface area contributed by atoms with E-state index in [0.717, 1.165) is 16.7 Å². The molecule has 0 saturated carbocycles. The second-order valence-corrected chi connectivity index (χ2v) is 7.95. The van der Waals surface area contributed by atoms with Crippen molar-refractivity contribution in [2.75, 3.05) is 6.61 Å². The zero-order valence-corrected chi connectivity index (χ0v) is 18.8. The molecule has 0 spiro atoms. The molecular weight excluding hydrogens is 440 g/mol. The summed E-state index contributed by atoms with van der Waals surface area (Å²) in [5.74, 6) is -0.378. The quantitative estimate of drug-likeness (QED) is 0.317. The van der Waals surface area contributed by atoms with E-state index in [1.165, 1.54) is 6.26 Å². The molecule has 0 aliphatic carbocycles. The molecule has 1 N–H and O–H groups in total. The third-order valence-corrected chi connectivity index (χ3v) is 5.60. The average Bonchev–Trinajstić information content (AvgIpc) is 3.44. The number of carbonyl (C=O) groups is 2. The number of para-hydroxylation sites is 1. The lowest BCUT2D eigenvalue weighted by atomic mass is 10.0. The number of esters is 1. The van der Waals surface area contributed by atoms with E-state index in [1.807, 2.05) is 66.7 Å². The summed E-state index contributed by atoms with van der Waals surface area (Å²) in [5.41, 5.74) is 4.77. The van der Waals surface area contributed by atoms with Crippen LogP contribution < -0.4 is 5.32 Å². The number of nitrogens with one attached hydrogen (secondary N) is 1. The molecule has 5 aromatic rings. The second-order valence-electron chi connectivity index (χ2n) is 7.95. The molecule has 3 aromatic carbocycles. The van der Waals surface area contributed by atoms with Crippen LogP contribution in [0, 0.1) is 0 Å². The van der Waals surface area contributed by atoms with Crippen LogP contribution in [0.5, 0.6) is 0 Å². The SMILES string of the molecule is O=C(COC(=O)c1cc(-c2ccc(-c3ccccc3)cc2)nc2ccccc12)NCc1ccco1. The number of hydrogen-bond donors (Lipinski definition) is 1. The van der Waals surface area contributed by atoms with Gasteiger partial charge in [-0.15, -0.1) is 0 Å². The lowest BCUT2D eigenvalue weighted by Gasteiger charge is -2.11. The number of benzene rings is 3. The van der Waals surface area contributed by atoms with Crippen molar-refractivity contribution in [2.45, 2.75) is 6.54 Å². The van der Waals surface area contributed by atoms with Gasteiger partial charge in [0, 0.05) is 10.9 Å². The van der Waals surface area contributed by atoms with E-state index in [0.29, 0.717) is 27.9 Å². The van der Waals surface area contributed by atoms with E-state index in [1.54, 1.807) is 18.2 Å². The number of nitrogens with zero attached hydrogens (tertiary/aromatic N) is 1. The molecule has 0 fully saturated rings. The first-order valence-electron chi connectivity index (χ1n) is 11.2. The first-order chi connectivity index (χ1) is 17.2. The minimum atomic E-state index is -0.584. The number of carbonyl (C=O) groups excluding carboxylic acids is 2. The van der Waals surface area contributed by atoms with Crippen molar-refractivity contribution >= 4 is 22.8 Å². The third kappa shape index (κ3) is 5.12. The number of hydrogen-bond acceptors (Lipinski definition) is 5. The first kappa shape index (κ1) is 22.1. The Morgan fingerprint density at radius 2 is 1.51 bits per heavy atom. The fraction of sp³-hybridized carbons (Fsp3) is 0.0690. The van der Waals surface area contributed by atoms with Crippen molar-refractivity contribution in [1.29, 1.82) is 0 Å².